The lowest BCUT2D eigenvalue weighted by Crippen LogP contribution is -2.43. The van der Waals surface area contributed by atoms with E-state index in [1.165, 1.54) is 12.1 Å². The maximum Gasteiger partial charge on any atom is 0.416 e. The Hall–Kier alpha value is -2.09. The fourth-order valence-corrected chi connectivity index (χ4v) is 4.04. The minimum Gasteiger partial charge on any atom is -0.347 e. The number of hydrogen-bond acceptors (Lipinski definition) is 3. The molecule has 0 atom stereocenters. The summed E-state index contributed by atoms with van der Waals surface area (Å²) in [5.41, 5.74) is 0.176. The predicted molar refractivity (Wildman–Crippen MR) is 103 cm³/mol. The molecule has 160 valence electrons. The molecule has 0 aromatic heterocycles. The van der Waals surface area contributed by atoms with Gasteiger partial charge in [0.15, 0.2) is 0 Å². The number of alkyl halides is 3. The van der Waals surface area contributed by atoms with Gasteiger partial charge in [0.2, 0.25) is 11.8 Å². The summed E-state index contributed by atoms with van der Waals surface area (Å²) in [6.45, 7) is 3.20. The third-order valence-electron chi connectivity index (χ3n) is 5.77. The number of benzene rings is 1. The Kier molecular flexibility index (Phi) is 7.16. The summed E-state index contributed by atoms with van der Waals surface area (Å²) < 4.78 is 38.0. The number of nitrogens with zero attached hydrogens (tertiary/aromatic N) is 2. The fourth-order valence-electron chi connectivity index (χ4n) is 4.04. The van der Waals surface area contributed by atoms with Crippen molar-refractivity contribution in [1.29, 1.82) is 0 Å². The number of halogens is 3. The lowest BCUT2D eigenvalue weighted by atomic mass is 10.1. The Bertz CT molecular complexity index is 700. The first-order chi connectivity index (χ1) is 13.8. The van der Waals surface area contributed by atoms with E-state index >= 15 is 0 Å². The van der Waals surface area contributed by atoms with Crippen molar-refractivity contribution in [2.24, 2.45) is 5.92 Å². The maximum absolute atomic E-state index is 12.7. The van der Waals surface area contributed by atoms with Gasteiger partial charge in [-0.05, 0) is 37.0 Å². The molecule has 0 unspecified atom stereocenters. The first-order valence-corrected chi connectivity index (χ1v) is 10.3. The SMILES string of the molecule is O=C(NCC(=O)N1CCCN(Cc2ccc(C(F)(F)F)cc2)CC1)C1CCCC1. The Morgan fingerprint density at radius 3 is 2.31 bits per heavy atom. The zero-order valence-corrected chi connectivity index (χ0v) is 16.5. The molecule has 0 bridgehead atoms. The average Bonchev–Trinajstić information content (AvgIpc) is 3.13. The van der Waals surface area contributed by atoms with Crippen LogP contribution in [0, 0.1) is 5.92 Å². The van der Waals surface area contributed by atoms with Crippen molar-refractivity contribution in [3.8, 4) is 0 Å². The molecule has 1 aromatic carbocycles. The highest BCUT2D eigenvalue weighted by Gasteiger charge is 2.30. The molecule has 1 aliphatic carbocycles. The molecule has 0 spiro atoms. The maximum atomic E-state index is 12.7. The van der Waals surface area contributed by atoms with Gasteiger partial charge < -0.3 is 10.2 Å². The van der Waals surface area contributed by atoms with E-state index < -0.39 is 11.7 Å². The topological polar surface area (TPSA) is 52.7 Å². The van der Waals surface area contributed by atoms with Crippen LogP contribution in [0.2, 0.25) is 0 Å². The van der Waals surface area contributed by atoms with Crippen molar-refractivity contribution in [3.05, 3.63) is 35.4 Å². The highest BCUT2D eigenvalue weighted by Crippen LogP contribution is 2.29. The van der Waals surface area contributed by atoms with Gasteiger partial charge in [0, 0.05) is 38.6 Å². The van der Waals surface area contributed by atoms with Gasteiger partial charge in [-0.2, -0.15) is 13.2 Å². The van der Waals surface area contributed by atoms with Crippen LogP contribution in [-0.2, 0) is 22.3 Å². The van der Waals surface area contributed by atoms with Crippen LogP contribution in [0.4, 0.5) is 13.2 Å². The number of hydrogen-bond donors (Lipinski definition) is 1. The number of carbonyl (C=O) groups excluding carboxylic acids is 2. The third-order valence-corrected chi connectivity index (χ3v) is 5.77. The van der Waals surface area contributed by atoms with E-state index in [1.807, 2.05) is 0 Å². The zero-order chi connectivity index (χ0) is 20.9. The second-order valence-electron chi connectivity index (χ2n) is 7.90. The van der Waals surface area contributed by atoms with Gasteiger partial charge in [-0.15, -0.1) is 0 Å². The molecule has 3 rings (SSSR count). The van der Waals surface area contributed by atoms with E-state index in [9.17, 15) is 22.8 Å². The van der Waals surface area contributed by atoms with Crippen molar-refractivity contribution in [2.75, 3.05) is 32.7 Å². The molecule has 1 aliphatic heterocycles. The average molecular weight is 411 g/mol. The Labute approximate surface area is 169 Å². The van der Waals surface area contributed by atoms with Crippen LogP contribution >= 0.6 is 0 Å². The molecule has 1 aromatic rings. The predicted octanol–water partition coefficient (Wildman–Crippen LogP) is 3.05. The minimum atomic E-state index is -4.32. The van der Waals surface area contributed by atoms with Crippen LogP contribution in [0.25, 0.3) is 0 Å². The Balaban J connectivity index is 1.44. The van der Waals surface area contributed by atoms with E-state index in [-0.39, 0.29) is 24.3 Å². The smallest absolute Gasteiger partial charge is 0.347 e. The molecule has 0 radical (unpaired) electrons. The number of nitrogens with one attached hydrogen (secondary N) is 1. The van der Waals surface area contributed by atoms with Gasteiger partial charge in [0.1, 0.15) is 0 Å². The van der Waals surface area contributed by atoms with Crippen LogP contribution in [0.3, 0.4) is 0 Å². The highest BCUT2D eigenvalue weighted by molar-refractivity contribution is 5.86. The molecule has 1 saturated heterocycles. The van der Waals surface area contributed by atoms with Crippen molar-refractivity contribution in [3.63, 3.8) is 0 Å². The summed E-state index contributed by atoms with van der Waals surface area (Å²) in [6, 6.07) is 5.23. The highest BCUT2D eigenvalue weighted by atomic mass is 19.4. The van der Waals surface area contributed by atoms with Crippen molar-refractivity contribution in [2.45, 2.75) is 44.8 Å². The van der Waals surface area contributed by atoms with Gasteiger partial charge in [-0.3, -0.25) is 14.5 Å². The Morgan fingerprint density at radius 1 is 0.966 bits per heavy atom. The largest absolute Gasteiger partial charge is 0.416 e. The van der Waals surface area contributed by atoms with Crippen LogP contribution in [0.15, 0.2) is 24.3 Å². The molecule has 29 heavy (non-hydrogen) atoms. The van der Waals surface area contributed by atoms with E-state index in [1.54, 1.807) is 4.90 Å². The summed E-state index contributed by atoms with van der Waals surface area (Å²) in [5.74, 6) is -0.0477. The summed E-state index contributed by atoms with van der Waals surface area (Å²) in [6.07, 6.45) is 0.434. The van der Waals surface area contributed by atoms with E-state index in [2.05, 4.69) is 10.2 Å². The van der Waals surface area contributed by atoms with Crippen LogP contribution in [0.5, 0.6) is 0 Å². The quantitative estimate of drug-likeness (QED) is 0.810. The normalized spacial score (nSPS) is 19.2. The van der Waals surface area contributed by atoms with Crippen LogP contribution in [-0.4, -0.2) is 54.3 Å². The lowest BCUT2D eigenvalue weighted by Gasteiger charge is -2.22. The van der Waals surface area contributed by atoms with Crippen molar-refractivity contribution < 1.29 is 22.8 Å². The van der Waals surface area contributed by atoms with Gasteiger partial charge >= 0.3 is 6.18 Å². The summed E-state index contributed by atoms with van der Waals surface area (Å²) in [5, 5.41) is 2.77. The molecule has 1 saturated carbocycles. The lowest BCUT2D eigenvalue weighted by molar-refractivity contribution is -0.137. The van der Waals surface area contributed by atoms with Gasteiger partial charge in [-0.1, -0.05) is 25.0 Å². The van der Waals surface area contributed by atoms with Gasteiger partial charge in [0.25, 0.3) is 0 Å². The Morgan fingerprint density at radius 2 is 1.66 bits per heavy atom. The fraction of sp³-hybridized carbons (Fsp3) is 0.619. The zero-order valence-electron chi connectivity index (χ0n) is 16.5. The summed E-state index contributed by atoms with van der Waals surface area (Å²) >= 11 is 0. The van der Waals surface area contributed by atoms with Gasteiger partial charge in [-0.25, -0.2) is 0 Å². The van der Waals surface area contributed by atoms with E-state index in [0.29, 0.717) is 26.2 Å². The number of carbonyl (C=O) groups is 2. The van der Waals surface area contributed by atoms with Crippen molar-refractivity contribution in [1.82, 2.24) is 15.1 Å². The standard InChI is InChI=1S/C21H28F3N3O2/c22-21(23,24)18-8-6-16(7-9-18)15-26-10-3-11-27(13-12-26)19(28)14-25-20(29)17-4-1-2-5-17/h6-9,17H,1-5,10-15H2,(H,25,29). The molecule has 2 aliphatic rings. The molecule has 2 fully saturated rings. The molecular weight excluding hydrogens is 383 g/mol. The minimum absolute atomic E-state index is 0.0189. The number of amides is 2. The van der Waals surface area contributed by atoms with E-state index in [0.717, 1.165) is 56.3 Å². The number of rotatable bonds is 5. The molecule has 1 heterocycles. The first-order valence-electron chi connectivity index (χ1n) is 10.3. The van der Waals surface area contributed by atoms with Gasteiger partial charge in [0.05, 0.1) is 12.1 Å². The van der Waals surface area contributed by atoms with Crippen LogP contribution < -0.4 is 5.32 Å². The second-order valence-corrected chi connectivity index (χ2v) is 7.90. The molecule has 5 nitrogen and oxygen atoms in total. The van der Waals surface area contributed by atoms with Crippen molar-refractivity contribution >= 4 is 11.8 Å². The molecular formula is C21H28F3N3O2. The first kappa shape index (κ1) is 21.6. The van der Waals surface area contributed by atoms with Crippen LogP contribution in [0.1, 0.15) is 43.2 Å². The summed E-state index contributed by atoms with van der Waals surface area (Å²) in [4.78, 5) is 28.4. The third kappa shape index (κ3) is 6.19. The second kappa shape index (κ2) is 9.61. The molecule has 2 amide bonds. The van der Waals surface area contributed by atoms with E-state index in [4.69, 9.17) is 0 Å². The monoisotopic (exact) mass is 411 g/mol. The molecule has 1 N–H and O–H groups in total. The molecule has 8 heteroatoms. The summed E-state index contributed by atoms with van der Waals surface area (Å²) in [7, 11) is 0.